The zero-order valence-electron chi connectivity index (χ0n) is 10.4. The van der Waals surface area contributed by atoms with E-state index in [1.165, 1.54) is 0 Å². The summed E-state index contributed by atoms with van der Waals surface area (Å²) < 4.78 is 25.9. The van der Waals surface area contributed by atoms with Gasteiger partial charge in [0.2, 0.25) is 10.0 Å². The van der Waals surface area contributed by atoms with E-state index >= 15 is 0 Å². The van der Waals surface area contributed by atoms with Gasteiger partial charge in [0.15, 0.2) is 0 Å². The molecule has 0 spiro atoms. The van der Waals surface area contributed by atoms with Crippen molar-refractivity contribution in [2.45, 2.75) is 27.7 Å². The highest BCUT2D eigenvalue weighted by Crippen LogP contribution is 2.15. The number of rotatable bonds is 6. The molecule has 0 saturated heterocycles. The first kappa shape index (κ1) is 14.9. The third-order valence-corrected chi connectivity index (χ3v) is 3.68. The van der Waals surface area contributed by atoms with Crippen LogP contribution < -0.4 is 10.0 Å². The maximum Gasteiger partial charge on any atom is 0.212 e. The summed E-state index contributed by atoms with van der Waals surface area (Å²) in [4.78, 5) is 0. The lowest BCUT2D eigenvalue weighted by Gasteiger charge is -2.19. The fourth-order valence-electron chi connectivity index (χ4n) is 1.31. The van der Waals surface area contributed by atoms with Crippen LogP contribution in [0.25, 0.3) is 0 Å². The van der Waals surface area contributed by atoms with Crippen molar-refractivity contribution in [1.29, 1.82) is 0 Å². The number of sulfonamides is 1. The minimum Gasteiger partial charge on any atom is -0.319 e. The van der Waals surface area contributed by atoms with Gasteiger partial charge < -0.3 is 5.32 Å². The van der Waals surface area contributed by atoms with E-state index in [0.717, 1.165) is 6.54 Å². The van der Waals surface area contributed by atoms with Crippen LogP contribution in [0.3, 0.4) is 0 Å². The summed E-state index contributed by atoms with van der Waals surface area (Å²) in [5, 5.41) is 3.02. The van der Waals surface area contributed by atoms with Crippen LogP contribution in [-0.2, 0) is 10.0 Å². The van der Waals surface area contributed by atoms with E-state index in [-0.39, 0.29) is 11.2 Å². The molecule has 4 nitrogen and oxygen atoms in total. The van der Waals surface area contributed by atoms with E-state index in [0.29, 0.717) is 12.5 Å². The van der Waals surface area contributed by atoms with Gasteiger partial charge in [0.25, 0.3) is 0 Å². The van der Waals surface area contributed by atoms with Crippen LogP contribution in [0.5, 0.6) is 0 Å². The van der Waals surface area contributed by atoms with Gasteiger partial charge in [-0.05, 0) is 24.9 Å². The quantitative estimate of drug-likeness (QED) is 0.717. The predicted octanol–water partition coefficient (Wildman–Crippen LogP) is 0.807. The molecule has 2 N–H and O–H groups in total. The molecule has 0 heterocycles. The van der Waals surface area contributed by atoms with Gasteiger partial charge >= 0.3 is 0 Å². The van der Waals surface area contributed by atoms with Crippen LogP contribution >= 0.6 is 0 Å². The molecule has 0 saturated carbocycles. The average molecular weight is 236 g/mol. The van der Waals surface area contributed by atoms with Gasteiger partial charge in [0.05, 0.1) is 5.75 Å². The highest BCUT2D eigenvalue weighted by atomic mass is 32.2. The van der Waals surface area contributed by atoms with Gasteiger partial charge in [-0.1, -0.05) is 27.7 Å². The van der Waals surface area contributed by atoms with Crippen molar-refractivity contribution in [3.8, 4) is 0 Å². The maximum atomic E-state index is 11.6. The molecule has 0 aliphatic carbocycles. The summed E-state index contributed by atoms with van der Waals surface area (Å²) in [6.07, 6.45) is 0. The lowest BCUT2D eigenvalue weighted by molar-refractivity contribution is 0.453. The van der Waals surface area contributed by atoms with E-state index < -0.39 is 10.0 Å². The molecule has 5 heteroatoms. The van der Waals surface area contributed by atoms with Gasteiger partial charge in [-0.15, -0.1) is 0 Å². The Hall–Kier alpha value is -0.130. The minimum absolute atomic E-state index is 0.173. The number of hydrogen-bond acceptors (Lipinski definition) is 3. The van der Waals surface area contributed by atoms with Crippen molar-refractivity contribution >= 4 is 10.0 Å². The van der Waals surface area contributed by atoms with Crippen LogP contribution in [0.1, 0.15) is 27.7 Å². The Bertz CT molecular complexity index is 268. The van der Waals surface area contributed by atoms with Crippen LogP contribution in [0.2, 0.25) is 0 Å². The Morgan fingerprint density at radius 3 is 2.13 bits per heavy atom. The normalized spacial score (nSPS) is 15.3. The maximum absolute atomic E-state index is 11.6. The van der Waals surface area contributed by atoms with Gasteiger partial charge in [-0.25, -0.2) is 13.1 Å². The second-order valence-corrected chi connectivity index (χ2v) is 7.14. The summed E-state index contributed by atoms with van der Waals surface area (Å²) in [7, 11) is -1.27. The third kappa shape index (κ3) is 8.84. The lowest BCUT2D eigenvalue weighted by atomic mass is 10.0. The van der Waals surface area contributed by atoms with Crippen molar-refractivity contribution in [3.05, 3.63) is 0 Å². The van der Waals surface area contributed by atoms with E-state index in [1.54, 1.807) is 0 Å². The zero-order chi connectivity index (χ0) is 12.1. The highest BCUT2D eigenvalue weighted by molar-refractivity contribution is 7.89. The van der Waals surface area contributed by atoms with Gasteiger partial charge in [0, 0.05) is 6.54 Å². The number of nitrogens with one attached hydrogen (secondary N) is 2. The Balaban J connectivity index is 4.06. The largest absolute Gasteiger partial charge is 0.319 e. The molecule has 1 atom stereocenters. The topological polar surface area (TPSA) is 58.2 Å². The van der Waals surface area contributed by atoms with E-state index in [4.69, 9.17) is 0 Å². The van der Waals surface area contributed by atoms with Crippen molar-refractivity contribution < 1.29 is 8.42 Å². The molecule has 0 aromatic heterocycles. The molecule has 0 fully saturated rings. The van der Waals surface area contributed by atoms with Gasteiger partial charge in [-0.3, -0.25) is 0 Å². The van der Waals surface area contributed by atoms with E-state index in [9.17, 15) is 8.42 Å². The Morgan fingerprint density at radius 1 is 1.20 bits per heavy atom. The SMILES string of the molecule is CNCC(C)CNS(=O)(=O)CC(C)(C)C. The van der Waals surface area contributed by atoms with Crippen molar-refractivity contribution in [3.63, 3.8) is 0 Å². The van der Waals surface area contributed by atoms with E-state index in [1.807, 2.05) is 34.7 Å². The molecule has 0 aromatic rings. The summed E-state index contributed by atoms with van der Waals surface area (Å²) in [6, 6.07) is 0. The molecule has 0 rings (SSSR count). The standard InChI is InChI=1S/C10H24N2O2S/c1-9(6-11-5)7-12-15(13,14)8-10(2,3)4/h9,11-12H,6-8H2,1-5H3. The Labute approximate surface area is 93.9 Å². The van der Waals surface area contributed by atoms with Crippen molar-refractivity contribution in [2.75, 3.05) is 25.9 Å². The molecule has 0 amide bonds. The fraction of sp³-hybridized carbons (Fsp3) is 1.00. The molecular weight excluding hydrogens is 212 g/mol. The average Bonchev–Trinajstić information content (AvgIpc) is 1.97. The molecule has 0 aromatic carbocycles. The predicted molar refractivity (Wildman–Crippen MR) is 64.3 cm³/mol. The lowest BCUT2D eigenvalue weighted by Crippen LogP contribution is -2.36. The zero-order valence-corrected chi connectivity index (χ0v) is 11.2. The highest BCUT2D eigenvalue weighted by Gasteiger charge is 2.21. The van der Waals surface area contributed by atoms with Crippen molar-refractivity contribution in [1.82, 2.24) is 10.0 Å². The Kier molecular flexibility index (Phi) is 5.77. The van der Waals surface area contributed by atoms with Crippen LogP contribution in [0.4, 0.5) is 0 Å². The molecule has 1 unspecified atom stereocenters. The second-order valence-electron chi connectivity index (χ2n) is 5.33. The van der Waals surface area contributed by atoms with Crippen LogP contribution in [0, 0.1) is 11.3 Å². The first-order valence-electron chi connectivity index (χ1n) is 5.28. The summed E-state index contributed by atoms with van der Waals surface area (Å²) >= 11 is 0. The molecule has 0 bridgehead atoms. The van der Waals surface area contributed by atoms with Crippen LogP contribution in [0.15, 0.2) is 0 Å². The smallest absolute Gasteiger partial charge is 0.212 e. The van der Waals surface area contributed by atoms with E-state index in [2.05, 4.69) is 10.0 Å². The first-order chi connectivity index (χ1) is 6.66. The Morgan fingerprint density at radius 2 is 1.73 bits per heavy atom. The monoisotopic (exact) mass is 236 g/mol. The van der Waals surface area contributed by atoms with Crippen molar-refractivity contribution in [2.24, 2.45) is 11.3 Å². The second kappa shape index (κ2) is 5.82. The molecule has 0 aliphatic rings. The summed E-state index contributed by atoms with van der Waals surface area (Å²) in [5.41, 5.74) is -0.196. The minimum atomic E-state index is -3.13. The summed E-state index contributed by atoms with van der Waals surface area (Å²) in [5.74, 6) is 0.483. The van der Waals surface area contributed by atoms with Gasteiger partial charge in [0.1, 0.15) is 0 Å². The summed E-state index contributed by atoms with van der Waals surface area (Å²) in [6.45, 7) is 9.09. The molecule has 0 radical (unpaired) electrons. The third-order valence-electron chi connectivity index (χ3n) is 1.83. The van der Waals surface area contributed by atoms with Crippen LogP contribution in [-0.4, -0.2) is 34.3 Å². The molecule has 15 heavy (non-hydrogen) atoms. The first-order valence-corrected chi connectivity index (χ1v) is 6.93. The van der Waals surface area contributed by atoms with Gasteiger partial charge in [-0.2, -0.15) is 0 Å². The fourth-order valence-corrected chi connectivity index (χ4v) is 3.09. The molecule has 92 valence electrons. The molecule has 0 aliphatic heterocycles. The molecular formula is C10H24N2O2S. The number of hydrogen-bond donors (Lipinski definition) is 2.